The molecule has 2 aromatic carbocycles. The Morgan fingerprint density at radius 3 is 1.83 bits per heavy atom. The zero-order chi connectivity index (χ0) is 32.5. The second-order valence-corrected chi connectivity index (χ2v) is 11.9. The molecule has 13 nitrogen and oxygen atoms in total. The molecule has 5 aromatic rings. The van der Waals surface area contributed by atoms with Gasteiger partial charge in [-0.25, -0.2) is 19.7 Å². The fraction of sp³-hybridized carbons (Fsp3) is 0.294. The third-order valence-corrected chi connectivity index (χ3v) is 8.92. The van der Waals surface area contributed by atoms with Crippen LogP contribution < -0.4 is 5.32 Å². The molecule has 3 amide bonds. The van der Waals surface area contributed by atoms with Crippen molar-refractivity contribution in [1.29, 1.82) is 0 Å². The maximum absolute atomic E-state index is 12.9. The number of benzene rings is 2. The van der Waals surface area contributed by atoms with E-state index in [4.69, 9.17) is 9.52 Å². The van der Waals surface area contributed by atoms with E-state index in [1.165, 1.54) is 12.5 Å². The third kappa shape index (κ3) is 5.99. The van der Waals surface area contributed by atoms with Gasteiger partial charge < -0.3 is 34.6 Å². The van der Waals surface area contributed by atoms with E-state index in [0.29, 0.717) is 18.9 Å². The number of H-pyrrole nitrogens is 2. The highest BCUT2D eigenvalue weighted by atomic mass is 16.4. The Labute approximate surface area is 270 Å². The Bertz CT molecular complexity index is 1880. The number of oxazole rings is 1. The minimum absolute atomic E-state index is 0.0918. The van der Waals surface area contributed by atoms with E-state index in [1.807, 2.05) is 24.3 Å². The number of aromatic amines is 2. The second kappa shape index (κ2) is 12.6. The van der Waals surface area contributed by atoms with Crippen molar-refractivity contribution in [3.8, 4) is 33.6 Å². The first-order chi connectivity index (χ1) is 22.9. The van der Waals surface area contributed by atoms with E-state index in [2.05, 4.69) is 54.5 Å². The van der Waals surface area contributed by atoms with Crippen LogP contribution in [-0.4, -0.2) is 76.9 Å². The van der Waals surface area contributed by atoms with Crippen LogP contribution in [0.4, 0.5) is 4.79 Å². The molecule has 4 N–H and O–H groups in total. The number of hydrogen-bond donors (Lipinski definition) is 4. The standard InChI is InChI=1S/C34H34N8O5/c1-20(38-34(45)46)32(43)41-15-2-4-27(41)29-36-18-25(39-29)23-10-6-21(7-11-23)22-8-12-24(13-9-22)26-19-37-30(40-26)28-5-3-16-42(28)33(44)31-35-14-17-47-31/h6-14,17-20,27-28,38H,2-5,15-16H2,1H3,(H,36,39)(H,37,40)(H,45,46)/t20-,27?,28-/m0/s1. The van der Waals surface area contributed by atoms with Gasteiger partial charge in [-0.1, -0.05) is 48.5 Å². The molecule has 1 unspecified atom stereocenters. The van der Waals surface area contributed by atoms with Crippen molar-refractivity contribution in [2.75, 3.05) is 13.1 Å². The van der Waals surface area contributed by atoms with Gasteiger partial charge in [0.1, 0.15) is 24.0 Å². The molecular formula is C34H34N8O5. The van der Waals surface area contributed by atoms with Gasteiger partial charge in [0, 0.05) is 13.1 Å². The predicted octanol–water partition coefficient (Wildman–Crippen LogP) is 5.42. The van der Waals surface area contributed by atoms with Crippen molar-refractivity contribution in [3.05, 3.63) is 90.9 Å². The number of aromatic nitrogens is 5. The lowest BCUT2D eigenvalue weighted by molar-refractivity contribution is -0.134. The molecule has 2 aliphatic heterocycles. The minimum Gasteiger partial charge on any atom is -0.465 e. The lowest BCUT2D eigenvalue weighted by Crippen LogP contribution is -2.46. The number of nitrogens with one attached hydrogen (secondary N) is 3. The molecule has 0 bridgehead atoms. The Morgan fingerprint density at radius 1 is 0.809 bits per heavy atom. The summed E-state index contributed by atoms with van der Waals surface area (Å²) >= 11 is 0. The summed E-state index contributed by atoms with van der Waals surface area (Å²) in [4.78, 5) is 60.2. The van der Waals surface area contributed by atoms with Crippen LogP contribution >= 0.6 is 0 Å². The maximum atomic E-state index is 12.9. The topological polar surface area (TPSA) is 173 Å². The van der Waals surface area contributed by atoms with Crippen LogP contribution in [-0.2, 0) is 4.79 Å². The van der Waals surface area contributed by atoms with Crippen LogP contribution in [0.25, 0.3) is 33.6 Å². The molecule has 5 heterocycles. The molecule has 47 heavy (non-hydrogen) atoms. The van der Waals surface area contributed by atoms with Crippen LogP contribution in [0.3, 0.4) is 0 Å². The maximum Gasteiger partial charge on any atom is 0.405 e. The minimum atomic E-state index is -1.22. The number of likely N-dealkylation sites (tertiary alicyclic amines) is 2. The Hall–Kier alpha value is -5.72. The fourth-order valence-corrected chi connectivity index (χ4v) is 6.55. The van der Waals surface area contributed by atoms with Gasteiger partial charge in [0.05, 0.1) is 42.1 Å². The summed E-state index contributed by atoms with van der Waals surface area (Å²) in [6, 6.07) is 15.2. The van der Waals surface area contributed by atoms with Crippen molar-refractivity contribution < 1.29 is 23.9 Å². The molecular weight excluding hydrogens is 600 g/mol. The van der Waals surface area contributed by atoms with Crippen LogP contribution in [0.15, 0.2) is 77.8 Å². The summed E-state index contributed by atoms with van der Waals surface area (Å²) in [6.07, 6.45) is 8.51. The van der Waals surface area contributed by atoms with Crippen LogP contribution in [0, 0.1) is 0 Å². The summed E-state index contributed by atoms with van der Waals surface area (Å²) in [5, 5.41) is 11.2. The molecule has 240 valence electrons. The average Bonchev–Trinajstić information content (AvgIpc) is 3.92. The quantitative estimate of drug-likeness (QED) is 0.175. The number of hydrogen-bond acceptors (Lipinski definition) is 7. The van der Waals surface area contributed by atoms with Crippen molar-refractivity contribution in [2.45, 2.75) is 50.7 Å². The van der Waals surface area contributed by atoms with Gasteiger partial charge in [0.2, 0.25) is 5.91 Å². The summed E-state index contributed by atoms with van der Waals surface area (Å²) in [6.45, 7) is 2.74. The summed E-state index contributed by atoms with van der Waals surface area (Å²) in [5.74, 6) is 1.04. The second-order valence-electron chi connectivity index (χ2n) is 11.9. The first-order valence-corrected chi connectivity index (χ1v) is 15.7. The van der Waals surface area contributed by atoms with Crippen molar-refractivity contribution in [2.24, 2.45) is 0 Å². The van der Waals surface area contributed by atoms with Gasteiger partial charge in [-0.15, -0.1) is 0 Å². The van der Waals surface area contributed by atoms with E-state index >= 15 is 0 Å². The molecule has 0 aliphatic carbocycles. The van der Waals surface area contributed by atoms with E-state index in [-0.39, 0.29) is 29.8 Å². The number of amides is 3. The molecule has 0 spiro atoms. The van der Waals surface area contributed by atoms with Crippen LogP contribution in [0.2, 0.25) is 0 Å². The van der Waals surface area contributed by atoms with Crippen LogP contribution in [0.5, 0.6) is 0 Å². The summed E-state index contributed by atoms with van der Waals surface area (Å²) < 4.78 is 5.22. The summed E-state index contributed by atoms with van der Waals surface area (Å²) in [7, 11) is 0. The van der Waals surface area contributed by atoms with Crippen LogP contribution in [0.1, 0.15) is 67.0 Å². The van der Waals surface area contributed by atoms with E-state index in [9.17, 15) is 14.4 Å². The number of rotatable bonds is 8. The number of carbonyl (C=O) groups is 3. The molecule has 3 atom stereocenters. The first kappa shape index (κ1) is 30.0. The van der Waals surface area contributed by atoms with Gasteiger partial charge in [0.25, 0.3) is 5.89 Å². The highest BCUT2D eigenvalue weighted by Crippen LogP contribution is 2.34. The molecule has 0 saturated carbocycles. The molecule has 0 radical (unpaired) electrons. The Balaban J connectivity index is 1.01. The van der Waals surface area contributed by atoms with Crippen molar-refractivity contribution in [3.63, 3.8) is 0 Å². The van der Waals surface area contributed by atoms with Gasteiger partial charge in [0.15, 0.2) is 0 Å². The zero-order valence-electron chi connectivity index (χ0n) is 25.7. The third-order valence-electron chi connectivity index (χ3n) is 8.92. The van der Waals surface area contributed by atoms with Gasteiger partial charge in [-0.2, -0.15) is 0 Å². The van der Waals surface area contributed by atoms with E-state index < -0.39 is 12.1 Å². The van der Waals surface area contributed by atoms with Gasteiger partial charge >= 0.3 is 12.0 Å². The number of carbonyl (C=O) groups excluding carboxylic acids is 2. The largest absolute Gasteiger partial charge is 0.465 e. The number of nitrogens with zero attached hydrogens (tertiary/aromatic N) is 5. The molecule has 2 saturated heterocycles. The lowest BCUT2D eigenvalue weighted by atomic mass is 10.0. The normalized spacial score (nSPS) is 18.4. The Kier molecular flexibility index (Phi) is 8.02. The van der Waals surface area contributed by atoms with Crippen molar-refractivity contribution >= 4 is 17.9 Å². The molecule has 2 fully saturated rings. The average molecular weight is 635 g/mol. The van der Waals surface area contributed by atoms with Gasteiger partial charge in [-0.3, -0.25) is 9.59 Å². The smallest absolute Gasteiger partial charge is 0.405 e. The Morgan fingerprint density at radius 2 is 1.32 bits per heavy atom. The number of imidazole rings is 2. The number of carboxylic acid groups (broad SMARTS) is 1. The fourth-order valence-electron chi connectivity index (χ4n) is 6.55. The zero-order valence-corrected chi connectivity index (χ0v) is 25.7. The monoisotopic (exact) mass is 634 g/mol. The predicted molar refractivity (Wildman–Crippen MR) is 171 cm³/mol. The molecule has 3 aromatic heterocycles. The molecule has 2 aliphatic rings. The first-order valence-electron chi connectivity index (χ1n) is 15.7. The summed E-state index contributed by atoms with van der Waals surface area (Å²) in [5.41, 5.74) is 5.80. The SMILES string of the molecule is C[C@H](NC(=O)O)C(=O)N1CCCC1c1ncc(-c2ccc(-c3ccc(-c4cnc([C@@H]5CCCN5C(=O)c5ncco5)[nH]4)cc3)cc2)[nH]1. The van der Waals surface area contributed by atoms with Gasteiger partial charge in [-0.05, 0) is 54.9 Å². The van der Waals surface area contributed by atoms with E-state index in [0.717, 1.165) is 65.1 Å². The molecule has 13 heteroatoms. The van der Waals surface area contributed by atoms with Crippen molar-refractivity contribution in [1.82, 2.24) is 40.0 Å². The molecule has 7 rings (SSSR count). The highest BCUT2D eigenvalue weighted by Gasteiger charge is 2.35. The van der Waals surface area contributed by atoms with E-state index in [1.54, 1.807) is 29.1 Å². The lowest BCUT2D eigenvalue weighted by Gasteiger charge is -2.26. The highest BCUT2D eigenvalue weighted by molar-refractivity contribution is 5.90.